The number of hydrogen-bond acceptors (Lipinski definition) is 7. The third-order valence-electron chi connectivity index (χ3n) is 7.53. The van der Waals surface area contributed by atoms with Crippen LogP contribution in [0.2, 0.25) is 0 Å². The number of pyridine rings is 1. The van der Waals surface area contributed by atoms with Gasteiger partial charge in [0.05, 0.1) is 24.1 Å². The van der Waals surface area contributed by atoms with Crippen LogP contribution in [0.15, 0.2) is 48.8 Å². The molecule has 0 radical (unpaired) electrons. The minimum Gasteiger partial charge on any atom is -0.391 e. The Morgan fingerprint density at radius 2 is 1.87 bits per heavy atom. The first kappa shape index (κ1) is 27.1. The van der Waals surface area contributed by atoms with Crippen LogP contribution in [0.3, 0.4) is 0 Å². The van der Waals surface area contributed by atoms with Gasteiger partial charge in [-0.25, -0.2) is 0 Å². The minimum atomic E-state index is -1.04. The number of carbonyl (C=O) groups is 2. The van der Waals surface area contributed by atoms with Crippen LogP contribution in [0.25, 0.3) is 0 Å². The molecule has 1 saturated heterocycles. The highest BCUT2D eigenvalue weighted by Gasteiger charge is 2.43. The van der Waals surface area contributed by atoms with E-state index in [0.29, 0.717) is 11.3 Å². The normalized spacial score (nSPS) is 20.7. The molecule has 198 valence electrons. The summed E-state index contributed by atoms with van der Waals surface area (Å²) in [5.74, 6) is -0.773. The van der Waals surface area contributed by atoms with Gasteiger partial charge in [-0.1, -0.05) is 37.5 Å². The van der Waals surface area contributed by atoms with Crippen LogP contribution >= 0.6 is 0 Å². The van der Waals surface area contributed by atoms with E-state index in [0.717, 1.165) is 37.7 Å². The van der Waals surface area contributed by atoms with Crippen molar-refractivity contribution in [2.24, 2.45) is 0 Å². The molecule has 2 amide bonds. The number of β-amino-alcohol motifs (C(OH)–C–C–N with tert-alkyl or cyclic N) is 1. The lowest BCUT2D eigenvalue weighted by Gasteiger charge is -2.35. The van der Waals surface area contributed by atoms with Gasteiger partial charge in [-0.15, -0.1) is 0 Å². The summed E-state index contributed by atoms with van der Waals surface area (Å²) >= 11 is 0. The molecule has 0 bridgehead atoms. The maximum atomic E-state index is 14.2. The first-order valence-electron chi connectivity index (χ1n) is 13.1. The van der Waals surface area contributed by atoms with E-state index >= 15 is 0 Å². The zero-order chi connectivity index (χ0) is 27.3. The monoisotopic (exact) mass is 514 g/mol. The second kappa shape index (κ2) is 11.6. The summed E-state index contributed by atoms with van der Waals surface area (Å²) in [7, 11) is 0. The molecule has 0 spiro atoms. The van der Waals surface area contributed by atoms with Crippen LogP contribution in [0, 0.1) is 22.8 Å². The molecule has 2 aliphatic rings. The van der Waals surface area contributed by atoms with E-state index in [1.807, 2.05) is 20.0 Å². The molecule has 9 heteroatoms. The number of hydrogen-bond donors (Lipinski definition) is 2. The molecule has 1 aromatic heterocycles. The van der Waals surface area contributed by atoms with Gasteiger partial charge in [-0.2, -0.15) is 10.5 Å². The van der Waals surface area contributed by atoms with Gasteiger partial charge in [0.2, 0.25) is 5.91 Å². The van der Waals surface area contributed by atoms with Crippen LogP contribution < -0.4 is 10.2 Å². The summed E-state index contributed by atoms with van der Waals surface area (Å²) in [5, 5.41) is 32.6. The fraction of sp³-hybridized carbons (Fsp3) is 0.483. The molecule has 2 heterocycles. The van der Waals surface area contributed by atoms with Gasteiger partial charge in [-0.3, -0.25) is 24.4 Å². The van der Waals surface area contributed by atoms with Crippen molar-refractivity contribution >= 4 is 17.5 Å². The van der Waals surface area contributed by atoms with Gasteiger partial charge in [0.25, 0.3) is 5.91 Å². The van der Waals surface area contributed by atoms with E-state index < -0.39 is 29.5 Å². The lowest BCUT2D eigenvalue weighted by Crippen LogP contribution is -2.51. The Labute approximate surface area is 223 Å². The number of aliphatic hydroxyl groups is 1. The number of aromatic nitrogens is 1. The quantitative estimate of drug-likeness (QED) is 0.542. The van der Waals surface area contributed by atoms with Gasteiger partial charge in [0, 0.05) is 36.1 Å². The molecule has 1 aromatic carbocycles. The topological polar surface area (TPSA) is 133 Å². The predicted octanol–water partition coefficient (Wildman–Crippen LogP) is 3.32. The summed E-state index contributed by atoms with van der Waals surface area (Å²) in [5.41, 5.74) is 1.04. The van der Waals surface area contributed by atoms with Crippen LogP contribution in [0.1, 0.15) is 69.5 Å². The van der Waals surface area contributed by atoms with E-state index in [-0.39, 0.29) is 24.9 Å². The van der Waals surface area contributed by atoms with E-state index in [1.165, 1.54) is 9.80 Å². The van der Waals surface area contributed by atoms with Crippen LogP contribution in [-0.2, 0) is 15.0 Å². The highest BCUT2D eigenvalue weighted by molar-refractivity contribution is 6.04. The molecule has 1 aliphatic carbocycles. The molecule has 4 rings (SSSR count). The van der Waals surface area contributed by atoms with Crippen molar-refractivity contribution in [2.45, 2.75) is 82.0 Å². The van der Waals surface area contributed by atoms with E-state index in [2.05, 4.69) is 16.4 Å². The van der Waals surface area contributed by atoms with Crippen molar-refractivity contribution in [1.82, 2.24) is 15.2 Å². The van der Waals surface area contributed by atoms with Crippen molar-refractivity contribution in [3.8, 4) is 12.3 Å². The molecule has 2 N–H and O–H groups in total. The van der Waals surface area contributed by atoms with E-state index in [4.69, 9.17) is 0 Å². The Morgan fingerprint density at radius 1 is 1.16 bits per heavy atom. The second-order valence-electron chi connectivity index (χ2n) is 10.7. The Bertz CT molecular complexity index is 1210. The first-order valence-corrected chi connectivity index (χ1v) is 13.1. The smallest absolute Gasteiger partial charge is 0.251 e. The summed E-state index contributed by atoms with van der Waals surface area (Å²) in [6, 6.07) is 10.9. The van der Waals surface area contributed by atoms with Gasteiger partial charge in [0.1, 0.15) is 12.1 Å². The van der Waals surface area contributed by atoms with Crippen molar-refractivity contribution in [1.29, 1.82) is 10.5 Å². The lowest BCUT2D eigenvalue weighted by molar-refractivity contribution is -0.128. The average Bonchev–Trinajstić information content (AvgIpc) is 3.33. The average molecular weight is 515 g/mol. The summed E-state index contributed by atoms with van der Waals surface area (Å²) in [6.07, 6.45) is 9.45. The van der Waals surface area contributed by atoms with E-state index in [1.54, 1.807) is 48.8 Å². The van der Waals surface area contributed by atoms with Crippen molar-refractivity contribution in [3.63, 3.8) is 0 Å². The fourth-order valence-electron chi connectivity index (χ4n) is 5.31. The maximum absolute atomic E-state index is 14.2. The van der Waals surface area contributed by atoms with Gasteiger partial charge in [0.15, 0.2) is 6.19 Å². The zero-order valence-electron chi connectivity index (χ0n) is 21.9. The standard InChI is InChI=1S/C29H34N6O3/c1-29(2,18-30)21-10-12-23(13-11-21)35(28(38)25-15-24(36)17-34(25)19-31)26(20-7-6-14-32-16-20)27(37)33-22-8-4-3-5-9-22/h6-7,10-14,16,22,24-26,36H,3-5,8-9,15,17H2,1-2H3,(H,33,37). The van der Waals surface area contributed by atoms with E-state index in [9.17, 15) is 25.2 Å². The van der Waals surface area contributed by atoms with Crippen molar-refractivity contribution in [2.75, 3.05) is 11.4 Å². The molecule has 3 atom stereocenters. The minimum absolute atomic E-state index is 0.0232. The number of benzene rings is 1. The number of carbonyl (C=O) groups excluding carboxylic acids is 2. The largest absolute Gasteiger partial charge is 0.391 e. The summed E-state index contributed by atoms with van der Waals surface area (Å²) in [6.45, 7) is 3.68. The number of nitriles is 2. The van der Waals surface area contributed by atoms with Crippen molar-refractivity contribution in [3.05, 3.63) is 59.9 Å². The second-order valence-corrected chi connectivity index (χ2v) is 10.7. The van der Waals surface area contributed by atoms with Gasteiger partial charge >= 0.3 is 0 Å². The van der Waals surface area contributed by atoms with Crippen LogP contribution in [0.4, 0.5) is 5.69 Å². The molecular weight excluding hydrogens is 480 g/mol. The number of aliphatic hydroxyl groups excluding tert-OH is 1. The van der Waals surface area contributed by atoms with Crippen LogP contribution in [-0.4, -0.2) is 51.5 Å². The summed E-state index contributed by atoms with van der Waals surface area (Å²) in [4.78, 5) is 35.0. The SMILES string of the molecule is CC(C)(C#N)c1ccc(N(C(=O)C2CC(O)CN2C#N)C(C(=O)NC2CCCCC2)c2cccnc2)cc1. The lowest BCUT2D eigenvalue weighted by atomic mass is 9.86. The molecule has 2 fully saturated rings. The number of likely N-dealkylation sites (tertiary alicyclic amines) is 1. The Morgan fingerprint density at radius 3 is 2.47 bits per heavy atom. The van der Waals surface area contributed by atoms with Gasteiger partial charge in [-0.05, 0) is 50.5 Å². The predicted molar refractivity (Wildman–Crippen MR) is 141 cm³/mol. The molecule has 2 aromatic rings. The molecule has 3 unspecified atom stereocenters. The third-order valence-corrected chi connectivity index (χ3v) is 7.53. The highest BCUT2D eigenvalue weighted by atomic mass is 16.3. The highest BCUT2D eigenvalue weighted by Crippen LogP contribution is 2.33. The molecule has 1 saturated carbocycles. The first-order chi connectivity index (χ1) is 18.2. The molecular formula is C29H34N6O3. The third kappa shape index (κ3) is 5.79. The number of amides is 2. The number of anilines is 1. The van der Waals surface area contributed by atoms with Crippen molar-refractivity contribution < 1.29 is 14.7 Å². The maximum Gasteiger partial charge on any atom is 0.251 e. The van der Waals surface area contributed by atoms with Crippen LogP contribution in [0.5, 0.6) is 0 Å². The number of nitrogens with one attached hydrogen (secondary N) is 1. The number of nitrogens with zero attached hydrogens (tertiary/aromatic N) is 5. The fourth-order valence-corrected chi connectivity index (χ4v) is 5.31. The Hall–Kier alpha value is -3.95. The molecule has 1 aliphatic heterocycles. The van der Waals surface area contributed by atoms with Gasteiger partial charge < -0.3 is 10.4 Å². The number of rotatable bonds is 7. The zero-order valence-corrected chi connectivity index (χ0v) is 21.9. The Kier molecular flexibility index (Phi) is 8.29. The summed E-state index contributed by atoms with van der Waals surface area (Å²) < 4.78 is 0. The molecule has 9 nitrogen and oxygen atoms in total. The molecule has 38 heavy (non-hydrogen) atoms. The Balaban J connectivity index is 1.79.